The number of rotatable bonds is 1. The van der Waals surface area contributed by atoms with Crippen LogP contribution in [0.4, 0.5) is 0 Å². The van der Waals surface area contributed by atoms with Crippen molar-refractivity contribution in [3.05, 3.63) is 12.2 Å². The summed E-state index contributed by atoms with van der Waals surface area (Å²) in [5.41, 5.74) is 0. The summed E-state index contributed by atoms with van der Waals surface area (Å²) in [6.07, 6.45) is 1.51. The average molecular weight is 157 g/mol. The van der Waals surface area contributed by atoms with E-state index in [-0.39, 0.29) is 5.37 Å². The standard InChI is InChI=1S/C4H7N5S/c1-5-3(9-7-1)4-6-2-8-10-4/h1,4,6,8H,2H2,(H,5,7,9). The molecule has 1 aliphatic rings. The lowest BCUT2D eigenvalue weighted by atomic mass is 10.6. The highest BCUT2D eigenvalue weighted by Gasteiger charge is 2.18. The van der Waals surface area contributed by atoms with Gasteiger partial charge in [0.15, 0.2) is 5.82 Å². The van der Waals surface area contributed by atoms with Gasteiger partial charge in [-0.3, -0.25) is 10.4 Å². The van der Waals surface area contributed by atoms with Crippen LogP contribution in [0.3, 0.4) is 0 Å². The van der Waals surface area contributed by atoms with Crippen LogP contribution in [0.25, 0.3) is 0 Å². The Bertz CT molecular complexity index is 191. The molecule has 0 saturated carbocycles. The van der Waals surface area contributed by atoms with Gasteiger partial charge in [0.1, 0.15) is 11.7 Å². The molecule has 1 fully saturated rings. The molecule has 2 heterocycles. The first-order valence-electron chi connectivity index (χ1n) is 2.94. The fraction of sp³-hybridized carbons (Fsp3) is 0.500. The minimum atomic E-state index is 0.225. The molecule has 54 valence electrons. The first-order chi connectivity index (χ1) is 4.97. The van der Waals surface area contributed by atoms with E-state index < -0.39 is 0 Å². The molecule has 1 saturated heterocycles. The van der Waals surface area contributed by atoms with Gasteiger partial charge < -0.3 is 0 Å². The maximum Gasteiger partial charge on any atom is 0.153 e. The molecule has 10 heavy (non-hydrogen) atoms. The van der Waals surface area contributed by atoms with Gasteiger partial charge in [0.2, 0.25) is 0 Å². The summed E-state index contributed by atoms with van der Waals surface area (Å²) in [7, 11) is 0. The molecule has 1 aliphatic heterocycles. The fourth-order valence-electron chi connectivity index (χ4n) is 0.795. The van der Waals surface area contributed by atoms with Gasteiger partial charge in [-0.25, -0.2) is 9.71 Å². The Balaban J connectivity index is 2.12. The Labute approximate surface area is 62.1 Å². The summed E-state index contributed by atoms with van der Waals surface area (Å²) < 4.78 is 3.08. The molecular weight excluding hydrogens is 150 g/mol. The van der Waals surface area contributed by atoms with Crippen LogP contribution in [0, 0.1) is 0 Å². The van der Waals surface area contributed by atoms with E-state index in [9.17, 15) is 0 Å². The van der Waals surface area contributed by atoms with E-state index in [1.54, 1.807) is 11.9 Å². The number of H-pyrrole nitrogens is 1. The van der Waals surface area contributed by atoms with Crippen molar-refractivity contribution in [1.82, 2.24) is 25.2 Å². The lowest BCUT2D eigenvalue weighted by Crippen LogP contribution is -2.15. The maximum absolute atomic E-state index is 4.01. The smallest absolute Gasteiger partial charge is 0.153 e. The van der Waals surface area contributed by atoms with E-state index in [2.05, 4.69) is 25.2 Å². The Morgan fingerprint density at radius 1 is 1.70 bits per heavy atom. The highest BCUT2D eigenvalue weighted by atomic mass is 32.2. The number of nitrogens with zero attached hydrogens (tertiary/aromatic N) is 2. The first-order valence-corrected chi connectivity index (χ1v) is 3.82. The number of hydrogen-bond donors (Lipinski definition) is 3. The quantitative estimate of drug-likeness (QED) is 0.484. The van der Waals surface area contributed by atoms with Crippen molar-refractivity contribution in [2.45, 2.75) is 5.37 Å². The third kappa shape index (κ3) is 1.00. The van der Waals surface area contributed by atoms with Crippen molar-refractivity contribution in [2.24, 2.45) is 0 Å². The van der Waals surface area contributed by atoms with E-state index in [1.165, 1.54) is 6.33 Å². The van der Waals surface area contributed by atoms with E-state index in [0.29, 0.717) is 0 Å². The first kappa shape index (κ1) is 6.14. The van der Waals surface area contributed by atoms with Crippen molar-refractivity contribution in [3.63, 3.8) is 0 Å². The van der Waals surface area contributed by atoms with Gasteiger partial charge >= 0.3 is 0 Å². The SMILES string of the molecule is c1n[nH]c(C2NCNS2)n1. The van der Waals surface area contributed by atoms with Gasteiger partial charge in [0.25, 0.3) is 0 Å². The number of hydrogen-bond acceptors (Lipinski definition) is 5. The second kappa shape index (κ2) is 2.57. The van der Waals surface area contributed by atoms with Crippen LogP contribution in [0.5, 0.6) is 0 Å². The monoisotopic (exact) mass is 157 g/mol. The molecule has 0 spiro atoms. The fourth-order valence-corrected chi connectivity index (χ4v) is 1.52. The van der Waals surface area contributed by atoms with Crippen molar-refractivity contribution in [2.75, 3.05) is 6.67 Å². The molecule has 0 aromatic carbocycles. The Hall–Kier alpha value is -0.590. The second-order valence-electron chi connectivity index (χ2n) is 1.89. The Morgan fingerprint density at radius 2 is 2.70 bits per heavy atom. The molecule has 2 rings (SSSR count). The second-order valence-corrected chi connectivity index (χ2v) is 2.89. The third-order valence-corrected chi connectivity index (χ3v) is 2.18. The van der Waals surface area contributed by atoms with Gasteiger partial charge in [-0.1, -0.05) is 11.9 Å². The van der Waals surface area contributed by atoms with Crippen LogP contribution in [0.15, 0.2) is 6.33 Å². The van der Waals surface area contributed by atoms with Crippen LogP contribution >= 0.6 is 11.9 Å². The summed E-state index contributed by atoms with van der Waals surface area (Å²) in [4.78, 5) is 4.01. The van der Waals surface area contributed by atoms with E-state index in [0.717, 1.165) is 12.5 Å². The number of nitrogens with one attached hydrogen (secondary N) is 3. The minimum Gasteiger partial charge on any atom is -0.285 e. The molecule has 0 radical (unpaired) electrons. The van der Waals surface area contributed by atoms with Crippen molar-refractivity contribution >= 4 is 11.9 Å². The molecule has 0 amide bonds. The van der Waals surface area contributed by atoms with Crippen molar-refractivity contribution in [3.8, 4) is 0 Å². The Kier molecular flexibility index (Phi) is 1.58. The zero-order valence-corrected chi connectivity index (χ0v) is 5.98. The molecule has 1 aromatic rings. The predicted molar refractivity (Wildman–Crippen MR) is 37.9 cm³/mol. The molecule has 5 nitrogen and oxygen atoms in total. The van der Waals surface area contributed by atoms with E-state index >= 15 is 0 Å². The van der Waals surface area contributed by atoms with Gasteiger partial charge in [0, 0.05) is 0 Å². The molecule has 3 N–H and O–H groups in total. The van der Waals surface area contributed by atoms with Crippen LogP contribution < -0.4 is 10.0 Å². The summed E-state index contributed by atoms with van der Waals surface area (Å²) in [6, 6.07) is 0. The molecule has 0 bridgehead atoms. The van der Waals surface area contributed by atoms with Gasteiger partial charge in [0.05, 0.1) is 6.67 Å². The summed E-state index contributed by atoms with van der Waals surface area (Å²) >= 11 is 1.61. The molecule has 1 unspecified atom stereocenters. The van der Waals surface area contributed by atoms with Crippen LogP contribution in [0.2, 0.25) is 0 Å². The normalized spacial score (nSPS) is 25.4. The molecule has 6 heteroatoms. The van der Waals surface area contributed by atoms with Crippen LogP contribution in [-0.4, -0.2) is 21.9 Å². The largest absolute Gasteiger partial charge is 0.285 e. The highest BCUT2D eigenvalue weighted by molar-refractivity contribution is 7.97. The van der Waals surface area contributed by atoms with Crippen LogP contribution in [-0.2, 0) is 0 Å². The molecule has 1 atom stereocenters. The summed E-state index contributed by atoms with van der Waals surface area (Å²) in [5, 5.41) is 9.95. The van der Waals surface area contributed by atoms with Gasteiger partial charge in [-0.2, -0.15) is 5.10 Å². The zero-order valence-electron chi connectivity index (χ0n) is 5.16. The molecular formula is C4H7N5S. The van der Waals surface area contributed by atoms with Gasteiger partial charge in [-0.05, 0) is 0 Å². The summed E-state index contributed by atoms with van der Waals surface area (Å²) in [6.45, 7) is 0.816. The van der Waals surface area contributed by atoms with Crippen molar-refractivity contribution < 1.29 is 0 Å². The average Bonchev–Trinajstić information content (AvgIpc) is 2.59. The predicted octanol–water partition coefficient (Wildman–Crippen LogP) is -0.398. The highest BCUT2D eigenvalue weighted by Crippen LogP contribution is 2.22. The topological polar surface area (TPSA) is 65.6 Å². The zero-order chi connectivity index (χ0) is 6.81. The molecule has 1 aromatic heterocycles. The summed E-state index contributed by atoms with van der Waals surface area (Å²) in [5.74, 6) is 0.870. The maximum atomic E-state index is 4.01. The number of aromatic amines is 1. The number of aromatic nitrogens is 3. The molecule has 0 aliphatic carbocycles. The van der Waals surface area contributed by atoms with E-state index in [1.807, 2.05) is 0 Å². The Morgan fingerprint density at radius 3 is 3.30 bits per heavy atom. The van der Waals surface area contributed by atoms with Gasteiger partial charge in [-0.15, -0.1) is 0 Å². The van der Waals surface area contributed by atoms with Crippen LogP contribution in [0.1, 0.15) is 11.2 Å². The minimum absolute atomic E-state index is 0.225. The van der Waals surface area contributed by atoms with Crippen molar-refractivity contribution in [1.29, 1.82) is 0 Å². The van der Waals surface area contributed by atoms with E-state index in [4.69, 9.17) is 0 Å². The third-order valence-electron chi connectivity index (χ3n) is 1.24. The lowest BCUT2D eigenvalue weighted by molar-refractivity contribution is 0.688. The lowest BCUT2D eigenvalue weighted by Gasteiger charge is -2.00.